The highest BCUT2D eigenvalue weighted by molar-refractivity contribution is 5.74. The third kappa shape index (κ3) is 4.44. The molecule has 0 spiro atoms. The summed E-state index contributed by atoms with van der Waals surface area (Å²) in [5, 5.41) is 5.77. The lowest BCUT2D eigenvalue weighted by molar-refractivity contribution is 0.240. The van der Waals surface area contributed by atoms with Gasteiger partial charge in [0.1, 0.15) is 5.82 Å². The maximum absolute atomic E-state index is 12.0. The highest BCUT2D eigenvalue weighted by Gasteiger charge is 2.15. The minimum absolute atomic E-state index is 0.180. The molecule has 1 saturated heterocycles. The summed E-state index contributed by atoms with van der Waals surface area (Å²) in [6, 6.07) is 7.53. The number of carbonyl (C=O) groups excluding carboxylic acids is 1. The summed E-state index contributed by atoms with van der Waals surface area (Å²) in [5.41, 5.74) is 2.08. The molecule has 2 aromatic heterocycles. The lowest BCUT2D eigenvalue weighted by atomic mass is 10.1. The van der Waals surface area contributed by atoms with Crippen LogP contribution in [0.3, 0.4) is 0 Å². The first-order valence-corrected chi connectivity index (χ1v) is 8.42. The number of anilines is 1. The molecule has 0 radical (unpaired) electrons. The molecule has 2 amide bonds. The number of rotatable bonds is 5. The van der Waals surface area contributed by atoms with E-state index in [0.29, 0.717) is 13.1 Å². The van der Waals surface area contributed by atoms with Crippen LogP contribution in [0, 0.1) is 0 Å². The number of piperidine rings is 1. The molecule has 1 aliphatic heterocycles. The van der Waals surface area contributed by atoms with Crippen molar-refractivity contribution >= 4 is 11.8 Å². The number of urea groups is 1. The van der Waals surface area contributed by atoms with Gasteiger partial charge in [0.25, 0.3) is 0 Å². The van der Waals surface area contributed by atoms with Gasteiger partial charge in [0.15, 0.2) is 0 Å². The number of carbonyl (C=O) groups is 1. The largest absolute Gasteiger partial charge is 0.356 e. The number of aromatic nitrogens is 2. The van der Waals surface area contributed by atoms with Crippen LogP contribution in [0.1, 0.15) is 30.4 Å². The van der Waals surface area contributed by atoms with Crippen molar-refractivity contribution in [1.29, 1.82) is 0 Å². The molecule has 2 N–H and O–H groups in total. The van der Waals surface area contributed by atoms with Crippen molar-refractivity contribution in [2.75, 3.05) is 18.0 Å². The second-order valence-corrected chi connectivity index (χ2v) is 5.93. The van der Waals surface area contributed by atoms with Crippen molar-refractivity contribution in [3.63, 3.8) is 0 Å². The van der Waals surface area contributed by atoms with Gasteiger partial charge < -0.3 is 15.5 Å². The second kappa shape index (κ2) is 8.29. The molecule has 2 aromatic rings. The van der Waals surface area contributed by atoms with E-state index in [0.717, 1.165) is 30.0 Å². The molecule has 1 aliphatic rings. The summed E-state index contributed by atoms with van der Waals surface area (Å²) in [6.45, 7) is 3.04. The van der Waals surface area contributed by atoms with E-state index >= 15 is 0 Å². The highest BCUT2D eigenvalue weighted by atomic mass is 16.2. The fourth-order valence-electron chi connectivity index (χ4n) is 2.88. The van der Waals surface area contributed by atoms with Gasteiger partial charge in [0.05, 0.1) is 0 Å². The minimum atomic E-state index is -0.180. The van der Waals surface area contributed by atoms with Crippen LogP contribution < -0.4 is 15.5 Å². The van der Waals surface area contributed by atoms with Crippen LogP contribution in [0.25, 0.3) is 0 Å². The molecular formula is C18H23N5O. The van der Waals surface area contributed by atoms with Crippen molar-refractivity contribution < 1.29 is 4.79 Å². The summed E-state index contributed by atoms with van der Waals surface area (Å²) < 4.78 is 0. The Bertz CT molecular complexity index is 655. The average Bonchev–Trinajstić information content (AvgIpc) is 2.66. The van der Waals surface area contributed by atoms with Gasteiger partial charge in [-0.2, -0.15) is 0 Å². The van der Waals surface area contributed by atoms with Crippen molar-refractivity contribution in [3.8, 4) is 0 Å². The number of nitrogens with zero attached hydrogens (tertiary/aromatic N) is 3. The van der Waals surface area contributed by atoms with E-state index in [-0.39, 0.29) is 6.03 Å². The highest BCUT2D eigenvalue weighted by Crippen LogP contribution is 2.21. The van der Waals surface area contributed by atoms with Crippen LogP contribution in [0.4, 0.5) is 10.6 Å². The topological polar surface area (TPSA) is 70.1 Å². The molecule has 0 bridgehead atoms. The van der Waals surface area contributed by atoms with E-state index in [1.165, 1.54) is 19.3 Å². The minimum Gasteiger partial charge on any atom is -0.356 e. The molecule has 6 heteroatoms. The SMILES string of the molecule is O=C(NCc1ccncc1)NCc1cccnc1N1CCCCC1. The van der Waals surface area contributed by atoms with Crippen molar-refractivity contribution in [2.45, 2.75) is 32.4 Å². The molecule has 3 heterocycles. The van der Waals surface area contributed by atoms with Crippen molar-refractivity contribution in [2.24, 2.45) is 0 Å². The van der Waals surface area contributed by atoms with Gasteiger partial charge in [0.2, 0.25) is 0 Å². The smallest absolute Gasteiger partial charge is 0.315 e. The Morgan fingerprint density at radius 1 is 1.00 bits per heavy atom. The maximum atomic E-state index is 12.0. The number of hydrogen-bond donors (Lipinski definition) is 2. The average molecular weight is 325 g/mol. The summed E-state index contributed by atoms with van der Waals surface area (Å²) in [4.78, 5) is 22.8. The van der Waals surface area contributed by atoms with E-state index in [4.69, 9.17) is 0 Å². The van der Waals surface area contributed by atoms with E-state index in [2.05, 4.69) is 25.5 Å². The molecule has 0 atom stereocenters. The Morgan fingerprint density at radius 3 is 2.54 bits per heavy atom. The third-order valence-electron chi connectivity index (χ3n) is 4.16. The van der Waals surface area contributed by atoms with Gasteiger partial charge in [-0.3, -0.25) is 4.98 Å². The zero-order valence-corrected chi connectivity index (χ0v) is 13.7. The predicted octanol–water partition coefficient (Wildman–Crippen LogP) is 2.47. The monoisotopic (exact) mass is 325 g/mol. The molecule has 0 aromatic carbocycles. The number of amides is 2. The van der Waals surface area contributed by atoms with Crippen LogP contribution in [-0.4, -0.2) is 29.1 Å². The van der Waals surface area contributed by atoms with Gasteiger partial charge in [-0.1, -0.05) is 6.07 Å². The van der Waals surface area contributed by atoms with Crippen LogP contribution in [0.2, 0.25) is 0 Å². The molecule has 24 heavy (non-hydrogen) atoms. The first-order chi connectivity index (χ1) is 11.8. The Labute approximate surface area is 142 Å². The Morgan fingerprint density at radius 2 is 1.75 bits per heavy atom. The molecular weight excluding hydrogens is 302 g/mol. The maximum Gasteiger partial charge on any atom is 0.315 e. The number of pyridine rings is 2. The quantitative estimate of drug-likeness (QED) is 0.886. The number of hydrogen-bond acceptors (Lipinski definition) is 4. The molecule has 0 saturated carbocycles. The second-order valence-electron chi connectivity index (χ2n) is 5.93. The Hall–Kier alpha value is -2.63. The summed E-state index contributed by atoms with van der Waals surface area (Å²) in [5.74, 6) is 0.992. The van der Waals surface area contributed by atoms with Gasteiger partial charge in [-0.25, -0.2) is 9.78 Å². The lowest BCUT2D eigenvalue weighted by Crippen LogP contribution is -2.36. The van der Waals surface area contributed by atoms with Crippen LogP contribution in [0.15, 0.2) is 42.9 Å². The summed E-state index contributed by atoms with van der Waals surface area (Å²) >= 11 is 0. The van der Waals surface area contributed by atoms with Crippen molar-refractivity contribution in [1.82, 2.24) is 20.6 Å². The summed E-state index contributed by atoms with van der Waals surface area (Å²) in [7, 11) is 0. The Balaban J connectivity index is 1.53. The predicted molar refractivity (Wildman–Crippen MR) is 93.6 cm³/mol. The first-order valence-electron chi connectivity index (χ1n) is 8.42. The van der Waals surface area contributed by atoms with E-state index in [1.807, 2.05) is 30.5 Å². The van der Waals surface area contributed by atoms with Gasteiger partial charge in [-0.15, -0.1) is 0 Å². The first kappa shape index (κ1) is 16.2. The zero-order chi connectivity index (χ0) is 16.6. The molecule has 126 valence electrons. The third-order valence-corrected chi connectivity index (χ3v) is 4.16. The molecule has 6 nitrogen and oxygen atoms in total. The van der Waals surface area contributed by atoms with E-state index < -0.39 is 0 Å². The van der Waals surface area contributed by atoms with Crippen molar-refractivity contribution in [3.05, 3.63) is 54.0 Å². The fraction of sp³-hybridized carbons (Fsp3) is 0.389. The normalized spacial score (nSPS) is 14.2. The van der Waals surface area contributed by atoms with Gasteiger partial charge in [-0.05, 0) is 43.0 Å². The zero-order valence-electron chi connectivity index (χ0n) is 13.7. The van der Waals surface area contributed by atoms with E-state index in [9.17, 15) is 4.79 Å². The summed E-state index contributed by atoms with van der Waals surface area (Å²) in [6.07, 6.45) is 8.95. The van der Waals surface area contributed by atoms with Gasteiger partial charge >= 0.3 is 6.03 Å². The molecule has 3 rings (SSSR count). The van der Waals surface area contributed by atoms with Crippen LogP contribution in [0.5, 0.6) is 0 Å². The molecule has 1 fully saturated rings. The van der Waals surface area contributed by atoms with Gasteiger partial charge in [0, 0.05) is 50.3 Å². The molecule has 0 aliphatic carbocycles. The van der Waals surface area contributed by atoms with Crippen LogP contribution >= 0.6 is 0 Å². The van der Waals surface area contributed by atoms with E-state index in [1.54, 1.807) is 12.4 Å². The standard InChI is InChI=1S/C18H23N5O/c24-18(21-13-15-6-9-19-10-7-15)22-14-16-5-4-8-20-17(16)23-11-2-1-3-12-23/h4-10H,1-3,11-14H2,(H2,21,22,24). The lowest BCUT2D eigenvalue weighted by Gasteiger charge is -2.29. The number of nitrogens with one attached hydrogen (secondary N) is 2. The molecule has 0 unspecified atom stereocenters. The fourth-order valence-corrected chi connectivity index (χ4v) is 2.88. The van der Waals surface area contributed by atoms with Crippen LogP contribution in [-0.2, 0) is 13.1 Å². The Kier molecular flexibility index (Phi) is 5.61.